The smallest absolute Gasteiger partial charge is 0.259 e. The lowest BCUT2D eigenvalue weighted by Crippen LogP contribution is -2.15. The lowest BCUT2D eigenvalue weighted by atomic mass is 10.1. The zero-order valence-corrected chi connectivity index (χ0v) is 14.4. The van der Waals surface area contributed by atoms with Crippen LogP contribution in [0.4, 0.5) is 11.4 Å². The number of nitrogens with one attached hydrogen (secondary N) is 2. The highest BCUT2D eigenvalue weighted by Gasteiger charge is 2.18. The van der Waals surface area contributed by atoms with E-state index in [-0.39, 0.29) is 17.0 Å². The van der Waals surface area contributed by atoms with E-state index in [9.17, 15) is 9.90 Å². The maximum atomic E-state index is 12.6. The van der Waals surface area contributed by atoms with Crippen molar-refractivity contribution in [3.63, 3.8) is 0 Å². The number of rotatable bonds is 4. The van der Waals surface area contributed by atoms with Crippen LogP contribution >= 0.6 is 11.6 Å². The molecule has 26 heavy (non-hydrogen) atoms. The predicted octanol–water partition coefficient (Wildman–Crippen LogP) is 2.71. The van der Waals surface area contributed by atoms with Crippen molar-refractivity contribution in [2.45, 2.75) is 0 Å². The van der Waals surface area contributed by atoms with E-state index < -0.39 is 5.91 Å². The molecule has 0 atom stereocenters. The number of carbonyl (C=O) groups excluding carboxylic acids is 1. The Morgan fingerprint density at radius 2 is 2.19 bits per heavy atom. The number of hydrogen-bond acceptors (Lipinski definition) is 6. The number of phenolic OH excluding ortho intramolecular Hbond substituents is 1. The van der Waals surface area contributed by atoms with Crippen molar-refractivity contribution in [3.05, 3.63) is 52.9 Å². The number of hydrogen-bond donors (Lipinski definition) is 4. The number of benzene rings is 1. The molecule has 132 valence electrons. The number of phenols is 1. The number of nitrogens with zero attached hydrogens (tertiary/aromatic N) is 3. The SMILES string of the molecule is CN=Cc1cncc(C(=O)Nc2cn[nH]c2-c2cc(Cl)ccc2O)c1N. The second kappa shape index (κ2) is 7.24. The second-order valence-electron chi connectivity index (χ2n) is 5.35. The monoisotopic (exact) mass is 370 g/mol. The first-order chi connectivity index (χ1) is 12.5. The molecule has 1 amide bonds. The fourth-order valence-electron chi connectivity index (χ4n) is 2.39. The zero-order valence-electron chi connectivity index (χ0n) is 13.7. The van der Waals surface area contributed by atoms with Crippen LogP contribution in [-0.4, -0.2) is 39.5 Å². The number of aromatic amines is 1. The first kappa shape index (κ1) is 17.4. The molecule has 3 rings (SSSR count). The van der Waals surface area contributed by atoms with Gasteiger partial charge in [-0.15, -0.1) is 0 Å². The van der Waals surface area contributed by atoms with Crippen LogP contribution < -0.4 is 11.1 Å². The molecule has 0 saturated heterocycles. The van der Waals surface area contributed by atoms with Gasteiger partial charge in [0.25, 0.3) is 5.91 Å². The molecule has 0 unspecified atom stereocenters. The Labute approximate surface area is 153 Å². The Balaban J connectivity index is 1.94. The van der Waals surface area contributed by atoms with Crippen LogP contribution in [0.3, 0.4) is 0 Å². The fourth-order valence-corrected chi connectivity index (χ4v) is 2.57. The molecule has 5 N–H and O–H groups in total. The Morgan fingerprint density at radius 3 is 2.96 bits per heavy atom. The second-order valence-corrected chi connectivity index (χ2v) is 5.79. The van der Waals surface area contributed by atoms with Gasteiger partial charge in [-0.2, -0.15) is 5.10 Å². The summed E-state index contributed by atoms with van der Waals surface area (Å²) in [4.78, 5) is 20.5. The van der Waals surface area contributed by atoms with Gasteiger partial charge in [0.15, 0.2) is 0 Å². The lowest BCUT2D eigenvalue weighted by molar-refractivity contribution is 0.102. The number of nitrogen functional groups attached to an aromatic ring is 1. The summed E-state index contributed by atoms with van der Waals surface area (Å²) in [5.41, 5.74) is 8.20. The van der Waals surface area contributed by atoms with E-state index in [1.807, 2.05) is 0 Å². The summed E-state index contributed by atoms with van der Waals surface area (Å²) in [6.07, 6.45) is 5.83. The number of aromatic nitrogens is 3. The van der Waals surface area contributed by atoms with Crippen LogP contribution in [0.5, 0.6) is 5.75 Å². The number of pyridine rings is 1. The predicted molar refractivity (Wildman–Crippen MR) is 101 cm³/mol. The van der Waals surface area contributed by atoms with Crippen molar-refractivity contribution in [1.29, 1.82) is 0 Å². The van der Waals surface area contributed by atoms with Crippen LogP contribution in [0.1, 0.15) is 15.9 Å². The van der Waals surface area contributed by atoms with Crippen molar-refractivity contribution < 1.29 is 9.90 Å². The zero-order chi connectivity index (χ0) is 18.7. The summed E-state index contributed by atoms with van der Waals surface area (Å²) in [6, 6.07) is 4.58. The molecule has 0 aliphatic carbocycles. The highest BCUT2D eigenvalue weighted by Crippen LogP contribution is 2.34. The molecule has 0 aliphatic heterocycles. The van der Waals surface area contributed by atoms with E-state index in [2.05, 4.69) is 25.5 Å². The summed E-state index contributed by atoms with van der Waals surface area (Å²) < 4.78 is 0. The van der Waals surface area contributed by atoms with Gasteiger partial charge in [-0.1, -0.05) is 11.6 Å². The van der Waals surface area contributed by atoms with Crippen molar-refractivity contribution in [1.82, 2.24) is 15.2 Å². The number of amides is 1. The first-order valence-corrected chi connectivity index (χ1v) is 7.88. The third-order valence-corrected chi connectivity index (χ3v) is 3.88. The molecular weight excluding hydrogens is 356 g/mol. The number of carbonyl (C=O) groups is 1. The number of aliphatic imine (C=N–C) groups is 1. The maximum absolute atomic E-state index is 12.6. The molecule has 0 bridgehead atoms. The summed E-state index contributed by atoms with van der Waals surface area (Å²) in [7, 11) is 1.60. The van der Waals surface area contributed by atoms with E-state index in [4.69, 9.17) is 17.3 Å². The summed E-state index contributed by atoms with van der Waals surface area (Å²) in [5.74, 6) is -0.470. The Kier molecular flexibility index (Phi) is 4.85. The van der Waals surface area contributed by atoms with Crippen molar-refractivity contribution in [3.8, 4) is 17.0 Å². The van der Waals surface area contributed by atoms with E-state index in [1.54, 1.807) is 19.2 Å². The molecule has 9 heteroatoms. The van der Waals surface area contributed by atoms with Crippen LogP contribution in [0, 0.1) is 0 Å². The molecule has 0 saturated carbocycles. The molecule has 2 aromatic heterocycles. The van der Waals surface area contributed by atoms with Gasteiger partial charge < -0.3 is 16.2 Å². The van der Waals surface area contributed by atoms with Crippen molar-refractivity contribution >= 4 is 35.1 Å². The van der Waals surface area contributed by atoms with Gasteiger partial charge in [0, 0.05) is 41.8 Å². The van der Waals surface area contributed by atoms with E-state index in [0.29, 0.717) is 27.5 Å². The maximum Gasteiger partial charge on any atom is 0.259 e. The summed E-state index contributed by atoms with van der Waals surface area (Å²) in [5, 5.41) is 19.9. The van der Waals surface area contributed by atoms with Crippen LogP contribution in [0.2, 0.25) is 5.02 Å². The van der Waals surface area contributed by atoms with Gasteiger partial charge in [0.2, 0.25) is 0 Å². The molecule has 0 aliphatic rings. The quantitative estimate of drug-likeness (QED) is 0.525. The number of anilines is 2. The summed E-state index contributed by atoms with van der Waals surface area (Å²) >= 11 is 5.99. The minimum atomic E-state index is -0.467. The third-order valence-electron chi connectivity index (χ3n) is 3.65. The standard InChI is InChI=1S/C17H15ClN6O2/c1-20-5-9-6-21-7-12(15(9)19)17(26)23-13-8-22-24-16(13)11-4-10(18)2-3-14(11)25/h2-8,25H,1H3,(H2,19,21)(H,22,24)(H,23,26). The van der Waals surface area contributed by atoms with E-state index in [1.165, 1.54) is 30.9 Å². The van der Waals surface area contributed by atoms with Gasteiger partial charge in [0.05, 0.1) is 28.8 Å². The minimum Gasteiger partial charge on any atom is -0.507 e. The molecule has 8 nitrogen and oxygen atoms in total. The number of aromatic hydroxyl groups is 1. The molecule has 0 spiro atoms. The summed E-state index contributed by atoms with van der Waals surface area (Å²) in [6.45, 7) is 0. The molecule has 2 heterocycles. The topological polar surface area (TPSA) is 129 Å². The van der Waals surface area contributed by atoms with Crippen LogP contribution in [0.25, 0.3) is 11.3 Å². The van der Waals surface area contributed by atoms with Gasteiger partial charge in [-0.05, 0) is 18.2 Å². The fraction of sp³-hybridized carbons (Fsp3) is 0.0588. The van der Waals surface area contributed by atoms with Gasteiger partial charge in [-0.25, -0.2) is 0 Å². The molecule has 0 fully saturated rings. The Hall–Kier alpha value is -3.39. The van der Waals surface area contributed by atoms with Crippen molar-refractivity contribution in [2.75, 3.05) is 18.1 Å². The molecule has 3 aromatic rings. The minimum absolute atomic E-state index is 0.00326. The number of halogens is 1. The van der Waals surface area contributed by atoms with Crippen LogP contribution in [-0.2, 0) is 0 Å². The third kappa shape index (κ3) is 3.35. The lowest BCUT2D eigenvalue weighted by Gasteiger charge is -2.10. The van der Waals surface area contributed by atoms with Gasteiger partial charge in [-0.3, -0.25) is 19.9 Å². The van der Waals surface area contributed by atoms with Gasteiger partial charge >= 0.3 is 0 Å². The van der Waals surface area contributed by atoms with Crippen LogP contribution in [0.15, 0.2) is 41.8 Å². The average molecular weight is 371 g/mol. The van der Waals surface area contributed by atoms with E-state index >= 15 is 0 Å². The molecule has 0 radical (unpaired) electrons. The normalized spacial score (nSPS) is 11.0. The largest absolute Gasteiger partial charge is 0.507 e. The highest BCUT2D eigenvalue weighted by atomic mass is 35.5. The average Bonchev–Trinajstić information content (AvgIpc) is 3.07. The Bertz CT molecular complexity index is 999. The highest BCUT2D eigenvalue weighted by molar-refractivity contribution is 6.31. The Morgan fingerprint density at radius 1 is 1.38 bits per heavy atom. The van der Waals surface area contributed by atoms with E-state index in [0.717, 1.165) is 0 Å². The number of H-pyrrole nitrogens is 1. The van der Waals surface area contributed by atoms with Crippen molar-refractivity contribution in [2.24, 2.45) is 4.99 Å². The number of nitrogens with two attached hydrogens (primary N) is 1. The molecule has 1 aromatic carbocycles. The van der Waals surface area contributed by atoms with Gasteiger partial charge in [0.1, 0.15) is 5.75 Å². The molecular formula is C17H15ClN6O2. The first-order valence-electron chi connectivity index (χ1n) is 7.50.